The summed E-state index contributed by atoms with van der Waals surface area (Å²) >= 11 is 0. The number of nitrogens with zero attached hydrogens (tertiary/aromatic N) is 1. The molecule has 0 fully saturated rings. The predicted octanol–water partition coefficient (Wildman–Crippen LogP) is -1.27. The van der Waals surface area contributed by atoms with Gasteiger partial charge in [-0.2, -0.15) is 0 Å². The van der Waals surface area contributed by atoms with E-state index < -0.39 is 0 Å². The van der Waals surface area contributed by atoms with E-state index in [1.165, 1.54) is 0 Å². The summed E-state index contributed by atoms with van der Waals surface area (Å²) in [4.78, 5) is 17.7. The van der Waals surface area contributed by atoms with Gasteiger partial charge in [-0.05, 0) is 0 Å². The van der Waals surface area contributed by atoms with Crippen molar-refractivity contribution in [2.75, 3.05) is 0 Å². The summed E-state index contributed by atoms with van der Waals surface area (Å²) in [7, 11) is 0. The van der Waals surface area contributed by atoms with E-state index in [0.717, 1.165) is 12.2 Å². The van der Waals surface area contributed by atoms with Gasteiger partial charge in [-0.3, -0.25) is 0 Å². The van der Waals surface area contributed by atoms with Crippen LogP contribution in [0.4, 0.5) is 0 Å². The van der Waals surface area contributed by atoms with Crippen LogP contribution in [0.2, 0.25) is 0 Å². The molecule has 3 heteroatoms. The molecule has 0 aromatic rings. The predicted molar refractivity (Wildman–Crippen MR) is 13.5 cm³/mol. The minimum absolute atomic E-state index is 0.969. The van der Waals surface area contributed by atoms with Gasteiger partial charge in [0.05, 0.1) is 0 Å². The molecular formula is C2NO2+. The summed E-state index contributed by atoms with van der Waals surface area (Å²) < 4.78 is 2.36. The smallest absolute Gasteiger partial charge is 0.144 e. The maximum Gasteiger partial charge on any atom is 0.586 e. The Morgan fingerprint density at radius 3 is 1.60 bits per heavy atom. The molecule has 0 aromatic heterocycles. The first-order chi connectivity index (χ1) is 2.41. The molecule has 0 spiro atoms. The normalized spacial score (nSPS) is 3.20. The van der Waals surface area contributed by atoms with Gasteiger partial charge in [0.1, 0.15) is 4.67 Å². The zero-order valence-corrected chi connectivity index (χ0v) is 2.26. The highest BCUT2D eigenvalue weighted by molar-refractivity contribution is 5.42. The SMILES string of the molecule is O=C=[N+]=C=O. The van der Waals surface area contributed by atoms with Crippen LogP contribution in [0.1, 0.15) is 0 Å². The number of isocyanates is 2. The highest BCUT2D eigenvalue weighted by Gasteiger charge is 1.57. The molecule has 0 bridgehead atoms. The van der Waals surface area contributed by atoms with Crippen LogP contribution in [0.25, 0.3) is 0 Å². The fourth-order valence-electron chi connectivity index (χ4n) is 0.0186. The van der Waals surface area contributed by atoms with Crippen molar-refractivity contribution in [2.24, 2.45) is 0 Å². The third kappa shape index (κ3) is 2.87. The first kappa shape index (κ1) is 3.87. The van der Waals surface area contributed by atoms with Crippen molar-refractivity contribution in [2.45, 2.75) is 0 Å². The molecule has 0 aliphatic carbocycles. The molecule has 0 atom stereocenters. The van der Waals surface area contributed by atoms with E-state index in [9.17, 15) is 0 Å². The molecule has 24 valence electrons. The van der Waals surface area contributed by atoms with Crippen LogP contribution >= 0.6 is 0 Å². The van der Waals surface area contributed by atoms with Gasteiger partial charge in [0, 0.05) is 0 Å². The molecule has 5 heavy (non-hydrogen) atoms. The summed E-state index contributed by atoms with van der Waals surface area (Å²) in [6, 6.07) is 0. The van der Waals surface area contributed by atoms with E-state index in [4.69, 9.17) is 9.59 Å². The van der Waals surface area contributed by atoms with E-state index in [1.54, 1.807) is 0 Å². The van der Waals surface area contributed by atoms with Crippen LogP contribution in [0.5, 0.6) is 0 Å². The molecule has 0 unspecified atom stereocenters. The van der Waals surface area contributed by atoms with Gasteiger partial charge in [0.2, 0.25) is 0 Å². The second-order valence-electron chi connectivity index (χ2n) is 0.294. The van der Waals surface area contributed by atoms with Gasteiger partial charge >= 0.3 is 12.2 Å². The second kappa shape index (κ2) is 2.87. The summed E-state index contributed by atoms with van der Waals surface area (Å²) in [6.45, 7) is 0. The summed E-state index contributed by atoms with van der Waals surface area (Å²) in [5, 5.41) is 0. The van der Waals surface area contributed by atoms with Crippen molar-refractivity contribution in [3.63, 3.8) is 0 Å². The first-order valence-corrected chi connectivity index (χ1v) is 0.855. The van der Waals surface area contributed by atoms with Crippen molar-refractivity contribution in [3.05, 3.63) is 0 Å². The Balaban J connectivity index is 4.38. The molecule has 3 nitrogen and oxygen atoms in total. The van der Waals surface area contributed by atoms with Crippen molar-refractivity contribution < 1.29 is 9.59 Å². The third-order valence-corrected chi connectivity index (χ3v) is 0.0913. The van der Waals surface area contributed by atoms with Crippen LogP contribution in [0.15, 0.2) is 0 Å². The topological polar surface area (TPSA) is 48.2 Å². The molecule has 0 rings (SSSR count). The molecule has 0 amide bonds. The molecule has 0 aliphatic rings. The fourth-order valence-corrected chi connectivity index (χ4v) is 0.0186. The van der Waals surface area contributed by atoms with Gasteiger partial charge in [0.25, 0.3) is 0 Å². The maximum atomic E-state index is 8.85. The highest BCUT2D eigenvalue weighted by Crippen LogP contribution is 0.921. The van der Waals surface area contributed by atoms with Crippen LogP contribution in [-0.4, -0.2) is 12.2 Å². The maximum absolute atomic E-state index is 8.85. The minimum atomic E-state index is 0.969. The van der Waals surface area contributed by atoms with Crippen molar-refractivity contribution in [1.82, 2.24) is 4.67 Å². The van der Waals surface area contributed by atoms with Crippen molar-refractivity contribution in [3.8, 4) is 0 Å². The Bertz CT molecular complexity index is 99.6. The fraction of sp³-hybridized carbons (Fsp3) is 0. The average molecular weight is 70.0 g/mol. The van der Waals surface area contributed by atoms with E-state index in [2.05, 4.69) is 4.67 Å². The van der Waals surface area contributed by atoms with Gasteiger partial charge in [-0.25, -0.2) is 0 Å². The summed E-state index contributed by atoms with van der Waals surface area (Å²) in [6.07, 6.45) is 1.94. The lowest BCUT2D eigenvalue weighted by Crippen LogP contribution is -1.56. The Kier molecular flexibility index (Phi) is 2.22. The number of rotatable bonds is 0. The number of hydrogen-bond donors (Lipinski definition) is 0. The zero-order chi connectivity index (χ0) is 4.12. The van der Waals surface area contributed by atoms with E-state index in [0.29, 0.717) is 0 Å². The molecular weight excluding hydrogens is 70.0 g/mol. The molecule has 0 radical (unpaired) electrons. The van der Waals surface area contributed by atoms with Gasteiger partial charge in [-0.15, -0.1) is 9.59 Å². The van der Waals surface area contributed by atoms with Gasteiger partial charge < -0.3 is 0 Å². The molecule has 0 aromatic carbocycles. The van der Waals surface area contributed by atoms with Crippen LogP contribution < -0.4 is 4.67 Å². The van der Waals surface area contributed by atoms with Gasteiger partial charge in [-0.1, -0.05) is 0 Å². The summed E-state index contributed by atoms with van der Waals surface area (Å²) in [5.41, 5.74) is 0. The number of carbonyl (C=O) groups excluding carboxylic acids is 2. The van der Waals surface area contributed by atoms with Gasteiger partial charge in [0.15, 0.2) is 0 Å². The lowest BCUT2D eigenvalue weighted by Gasteiger charge is -0.958. The van der Waals surface area contributed by atoms with Crippen molar-refractivity contribution >= 4 is 12.2 Å². The minimum Gasteiger partial charge on any atom is -0.144 e. The Labute approximate surface area is 27.7 Å². The van der Waals surface area contributed by atoms with E-state index in [1.807, 2.05) is 0 Å². The average Bonchev–Trinajstić information content (AvgIpc) is 1.41. The lowest BCUT2D eigenvalue weighted by molar-refractivity contribution is 0.556. The third-order valence-electron chi connectivity index (χ3n) is 0.0913. The molecule has 0 N–H and O–H groups in total. The van der Waals surface area contributed by atoms with Crippen LogP contribution in [-0.2, 0) is 9.59 Å². The lowest BCUT2D eigenvalue weighted by atomic mass is 11.5. The number of hydrogen-bond acceptors (Lipinski definition) is 2. The standard InChI is InChI=1S/C2NO2/c4-1-3-2-5/q+1. The van der Waals surface area contributed by atoms with E-state index in [-0.39, 0.29) is 0 Å². The quantitative estimate of drug-likeness (QED) is 0.202. The van der Waals surface area contributed by atoms with Crippen molar-refractivity contribution in [1.29, 1.82) is 0 Å². The highest BCUT2D eigenvalue weighted by atomic mass is 16.1. The molecule has 0 heterocycles. The second-order valence-corrected chi connectivity index (χ2v) is 0.294. The first-order valence-electron chi connectivity index (χ1n) is 0.855. The molecule has 0 aliphatic heterocycles. The van der Waals surface area contributed by atoms with Crippen LogP contribution in [0, 0.1) is 0 Å². The van der Waals surface area contributed by atoms with Crippen LogP contribution in [0.3, 0.4) is 0 Å². The largest absolute Gasteiger partial charge is 0.586 e. The molecule has 0 saturated heterocycles. The Hall–Kier alpha value is -1.13. The summed E-state index contributed by atoms with van der Waals surface area (Å²) in [5.74, 6) is 0. The zero-order valence-electron chi connectivity index (χ0n) is 2.26. The Morgan fingerprint density at radius 2 is 1.60 bits per heavy atom. The molecule has 0 saturated carbocycles. The Morgan fingerprint density at radius 1 is 1.20 bits per heavy atom. The monoisotopic (exact) mass is 70.0 g/mol. The van der Waals surface area contributed by atoms with E-state index >= 15 is 0 Å².